The van der Waals surface area contributed by atoms with E-state index < -0.39 is 5.97 Å². The fourth-order valence-corrected chi connectivity index (χ4v) is 3.07. The van der Waals surface area contributed by atoms with Gasteiger partial charge in [0.05, 0.1) is 25.3 Å². The Hall–Kier alpha value is -3.15. The predicted octanol–water partition coefficient (Wildman–Crippen LogP) is 3.55. The summed E-state index contributed by atoms with van der Waals surface area (Å²) in [5, 5.41) is 14.9. The van der Waals surface area contributed by atoms with E-state index in [0.29, 0.717) is 6.42 Å². The van der Waals surface area contributed by atoms with E-state index in [1.807, 2.05) is 55.5 Å². The highest BCUT2D eigenvalue weighted by Crippen LogP contribution is 2.34. The van der Waals surface area contributed by atoms with E-state index in [1.165, 1.54) is 5.01 Å². The minimum absolute atomic E-state index is 0.0767. The van der Waals surface area contributed by atoms with Crippen LogP contribution in [0.15, 0.2) is 53.6 Å². The van der Waals surface area contributed by atoms with Crippen molar-refractivity contribution >= 4 is 17.6 Å². The fraction of sp³-hybridized carbons (Fsp3) is 0.286. The predicted molar refractivity (Wildman–Crippen MR) is 102 cm³/mol. The van der Waals surface area contributed by atoms with Crippen LogP contribution < -0.4 is 4.74 Å². The molecular formula is C21H22N2O4. The number of hydrogen-bond acceptors (Lipinski definition) is 4. The number of carboxylic acid groups (broad SMARTS) is 1. The summed E-state index contributed by atoms with van der Waals surface area (Å²) in [7, 11) is 1.60. The van der Waals surface area contributed by atoms with E-state index in [9.17, 15) is 9.59 Å². The molecule has 3 rings (SSSR count). The lowest BCUT2D eigenvalue weighted by Gasteiger charge is -2.22. The summed E-state index contributed by atoms with van der Waals surface area (Å²) in [5.74, 6) is -0.549. The SMILES string of the molecule is COc1ccc(C2CC(c3ccc(C)cc3)=NN2C(=O)CCC(=O)O)cc1. The Balaban J connectivity index is 1.89. The van der Waals surface area contributed by atoms with Gasteiger partial charge in [-0.3, -0.25) is 9.59 Å². The second-order valence-corrected chi connectivity index (χ2v) is 6.54. The topological polar surface area (TPSA) is 79.2 Å². The number of ether oxygens (including phenoxy) is 1. The lowest BCUT2D eigenvalue weighted by Crippen LogP contribution is -2.27. The van der Waals surface area contributed by atoms with E-state index in [1.54, 1.807) is 7.11 Å². The van der Waals surface area contributed by atoms with E-state index in [0.717, 1.165) is 28.2 Å². The zero-order valence-corrected chi connectivity index (χ0v) is 15.4. The van der Waals surface area contributed by atoms with Gasteiger partial charge in [-0.25, -0.2) is 5.01 Å². The Labute approximate surface area is 158 Å². The Morgan fingerprint density at radius 3 is 2.37 bits per heavy atom. The molecule has 0 bridgehead atoms. The molecule has 6 heteroatoms. The molecule has 1 amide bonds. The number of carbonyl (C=O) groups is 2. The second-order valence-electron chi connectivity index (χ2n) is 6.54. The molecule has 0 aliphatic carbocycles. The summed E-state index contributed by atoms with van der Waals surface area (Å²) < 4.78 is 5.20. The van der Waals surface area contributed by atoms with Crippen LogP contribution in [0.2, 0.25) is 0 Å². The van der Waals surface area contributed by atoms with Crippen LogP contribution in [0, 0.1) is 6.92 Å². The molecule has 2 aromatic carbocycles. The van der Waals surface area contributed by atoms with Crippen molar-refractivity contribution in [2.24, 2.45) is 5.10 Å². The van der Waals surface area contributed by atoms with Crippen molar-refractivity contribution in [1.29, 1.82) is 0 Å². The van der Waals surface area contributed by atoms with Gasteiger partial charge >= 0.3 is 5.97 Å². The second kappa shape index (κ2) is 8.03. The van der Waals surface area contributed by atoms with Crippen LogP contribution in [0.4, 0.5) is 0 Å². The van der Waals surface area contributed by atoms with Gasteiger partial charge < -0.3 is 9.84 Å². The zero-order valence-electron chi connectivity index (χ0n) is 15.4. The van der Waals surface area contributed by atoms with E-state index >= 15 is 0 Å². The monoisotopic (exact) mass is 366 g/mol. The average Bonchev–Trinajstić information content (AvgIpc) is 3.12. The molecule has 0 radical (unpaired) electrons. The van der Waals surface area contributed by atoms with Crippen LogP contribution in [-0.4, -0.2) is 34.8 Å². The van der Waals surface area contributed by atoms with Crippen molar-refractivity contribution in [1.82, 2.24) is 5.01 Å². The van der Waals surface area contributed by atoms with Gasteiger partial charge in [-0.05, 0) is 30.2 Å². The highest BCUT2D eigenvalue weighted by atomic mass is 16.5. The van der Waals surface area contributed by atoms with Gasteiger partial charge in [-0.2, -0.15) is 5.10 Å². The average molecular weight is 366 g/mol. The molecule has 1 aliphatic heterocycles. The minimum Gasteiger partial charge on any atom is -0.497 e. The number of aliphatic carboxylic acids is 1. The molecule has 0 aromatic heterocycles. The highest BCUT2D eigenvalue weighted by molar-refractivity contribution is 6.03. The van der Waals surface area contributed by atoms with E-state index in [2.05, 4.69) is 5.10 Å². The maximum Gasteiger partial charge on any atom is 0.303 e. The third-order valence-electron chi connectivity index (χ3n) is 4.60. The largest absolute Gasteiger partial charge is 0.497 e. The first-order chi connectivity index (χ1) is 13.0. The van der Waals surface area contributed by atoms with Crippen LogP contribution in [0.5, 0.6) is 5.75 Å². The number of benzene rings is 2. The van der Waals surface area contributed by atoms with Crippen molar-refractivity contribution in [3.05, 3.63) is 65.2 Å². The molecule has 1 N–H and O–H groups in total. The fourth-order valence-electron chi connectivity index (χ4n) is 3.07. The van der Waals surface area contributed by atoms with Gasteiger partial charge in [0.15, 0.2) is 0 Å². The van der Waals surface area contributed by atoms with Crippen LogP contribution in [-0.2, 0) is 9.59 Å². The van der Waals surface area contributed by atoms with Gasteiger partial charge in [-0.1, -0.05) is 42.0 Å². The molecule has 0 saturated carbocycles. The minimum atomic E-state index is -0.994. The molecule has 27 heavy (non-hydrogen) atoms. The Kier molecular flexibility index (Phi) is 5.54. The summed E-state index contributed by atoms with van der Waals surface area (Å²) >= 11 is 0. The van der Waals surface area contributed by atoms with Gasteiger partial charge in [0.2, 0.25) is 5.91 Å². The molecule has 0 spiro atoms. The number of hydrazone groups is 1. The first-order valence-electron chi connectivity index (χ1n) is 8.80. The van der Waals surface area contributed by atoms with E-state index in [-0.39, 0.29) is 24.8 Å². The molecule has 1 aliphatic rings. The first kappa shape index (κ1) is 18.6. The van der Waals surface area contributed by atoms with Crippen LogP contribution >= 0.6 is 0 Å². The lowest BCUT2D eigenvalue weighted by molar-refractivity contribution is -0.141. The summed E-state index contributed by atoms with van der Waals surface area (Å²) in [4.78, 5) is 23.5. The maximum atomic E-state index is 12.6. The van der Waals surface area contributed by atoms with Crippen LogP contribution in [0.1, 0.15) is 42.0 Å². The normalized spacial score (nSPS) is 16.1. The quantitative estimate of drug-likeness (QED) is 0.848. The third kappa shape index (κ3) is 4.34. The Bertz CT molecular complexity index is 857. The number of aryl methyl sites for hydroxylation is 1. The van der Waals surface area contributed by atoms with Crippen molar-refractivity contribution in [3.63, 3.8) is 0 Å². The summed E-state index contributed by atoms with van der Waals surface area (Å²) in [6, 6.07) is 15.3. The Morgan fingerprint density at radius 2 is 1.78 bits per heavy atom. The number of hydrogen-bond donors (Lipinski definition) is 1. The molecular weight excluding hydrogens is 344 g/mol. The number of amides is 1. The Morgan fingerprint density at radius 1 is 1.11 bits per heavy atom. The summed E-state index contributed by atoms with van der Waals surface area (Å²) in [6.07, 6.45) is 0.293. The van der Waals surface area contributed by atoms with Gasteiger partial charge in [0, 0.05) is 12.8 Å². The number of rotatable bonds is 6. The molecule has 1 heterocycles. The highest BCUT2D eigenvalue weighted by Gasteiger charge is 2.33. The number of methoxy groups -OCH3 is 1. The van der Waals surface area contributed by atoms with Crippen LogP contribution in [0.3, 0.4) is 0 Å². The lowest BCUT2D eigenvalue weighted by atomic mass is 9.97. The van der Waals surface area contributed by atoms with Gasteiger partial charge in [-0.15, -0.1) is 0 Å². The standard InChI is InChI=1S/C21H22N2O4/c1-14-3-5-15(6-4-14)18-13-19(16-7-9-17(27-2)10-8-16)23(22-18)20(24)11-12-21(25)26/h3-10,19H,11-13H2,1-2H3,(H,25,26). The van der Waals surface area contributed by atoms with Crippen molar-refractivity contribution in [2.45, 2.75) is 32.2 Å². The maximum absolute atomic E-state index is 12.6. The van der Waals surface area contributed by atoms with Crippen LogP contribution in [0.25, 0.3) is 0 Å². The third-order valence-corrected chi connectivity index (χ3v) is 4.60. The molecule has 0 fully saturated rings. The number of carboxylic acids is 1. The zero-order chi connectivity index (χ0) is 19.4. The molecule has 140 valence electrons. The molecule has 1 atom stereocenters. The van der Waals surface area contributed by atoms with Gasteiger partial charge in [0.25, 0.3) is 0 Å². The molecule has 2 aromatic rings. The molecule has 6 nitrogen and oxygen atoms in total. The number of nitrogens with zero attached hydrogens (tertiary/aromatic N) is 2. The van der Waals surface area contributed by atoms with E-state index in [4.69, 9.17) is 9.84 Å². The molecule has 0 saturated heterocycles. The first-order valence-corrected chi connectivity index (χ1v) is 8.80. The molecule has 1 unspecified atom stereocenters. The summed E-state index contributed by atoms with van der Waals surface area (Å²) in [5.41, 5.74) is 3.87. The summed E-state index contributed by atoms with van der Waals surface area (Å²) in [6.45, 7) is 2.02. The smallest absolute Gasteiger partial charge is 0.303 e. The van der Waals surface area contributed by atoms with Crippen molar-refractivity contribution < 1.29 is 19.4 Å². The number of carbonyl (C=O) groups excluding carboxylic acids is 1. The van der Waals surface area contributed by atoms with Gasteiger partial charge in [0.1, 0.15) is 5.75 Å². The van der Waals surface area contributed by atoms with Crippen molar-refractivity contribution in [3.8, 4) is 5.75 Å². The van der Waals surface area contributed by atoms with Crippen molar-refractivity contribution in [2.75, 3.05) is 7.11 Å².